The summed E-state index contributed by atoms with van der Waals surface area (Å²) in [5, 5.41) is 6.75. The molecule has 0 bridgehead atoms. The lowest BCUT2D eigenvalue weighted by molar-refractivity contribution is 0.0949. The molecule has 1 amide bonds. The van der Waals surface area contributed by atoms with E-state index in [1.807, 2.05) is 63.2 Å². The summed E-state index contributed by atoms with van der Waals surface area (Å²) in [6, 6.07) is 13.5. The quantitative estimate of drug-likeness (QED) is 0.797. The molecule has 3 rings (SSSR count). The highest BCUT2D eigenvalue weighted by Gasteiger charge is 2.12. The molecule has 24 heavy (non-hydrogen) atoms. The molecule has 0 aliphatic heterocycles. The minimum atomic E-state index is -0.141. The van der Waals surface area contributed by atoms with E-state index < -0.39 is 0 Å². The molecule has 0 fully saturated rings. The number of carbonyl (C=O) groups excluding carboxylic acids is 1. The van der Waals surface area contributed by atoms with E-state index in [0.29, 0.717) is 17.3 Å². The molecule has 3 aromatic rings. The lowest BCUT2D eigenvalue weighted by Gasteiger charge is -2.08. The third-order valence-electron chi connectivity index (χ3n) is 4.02. The first-order valence-electron chi connectivity index (χ1n) is 7.78. The lowest BCUT2D eigenvalue weighted by atomic mass is 10.0. The average Bonchev–Trinajstić information content (AvgIpc) is 3.05. The Morgan fingerprint density at radius 1 is 1.08 bits per heavy atom. The van der Waals surface area contributed by atoms with Gasteiger partial charge in [0.15, 0.2) is 5.82 Å². The number of amides is 1. The summed E-state index contributed by atoms with van der Waals surface area (Å²) < 4.78 is 5.26. The average molecular weight is 321 g/mol. The number of carbonyl (C=O) groups is 1. The van der Waals surface area contributed by atoms with Gasteiger partial charge in [-0.15, -0.1) is 0 Å². The largest absolute Gasteiger partial charge is 0.345 e. The van der Waals surface area contributed by atoms with Crippen molar-refractivity contribution in [1.29, 1.82) is 0 Å². The molecule has 5 nitrogen and oxygen atoms in total. The fourth-order valence-corrected chi connectivity index (χ4v) is 2.39. The zero-order valence-corrected chi connectivity index (χ0v) is 14.0. The van der Waals surface area contributed by atoms with Crippen molar-refractivity contribution in [2.75, 3.05) is 0 Å². The predicted octanol–water partition coefficient (Wildman–Crippen LogP) is 3.59. The van der Waals surface area contributed by atoms with Crippen LogP contribution in [0.1, 0.15) is 32.9 Å². The summed E-state index contributed by atoms with van der Waals surface area (Å²) in [7, 11) is 0. The van der Waals surface area contributed by atoms with Crippen molar-refractivity contribution < 1.29 is 9.32 Å². The van der Waals surface area contributed by atoms with Gasteiger partial charge in [0.2, 0.25) is 0 Å². The van der Waals surface area contributed by atoms with E-state index in [1.165, 1.54) is 5.56 Å². The van der Waals surface area contributed by atoms with Crippen LogP contribution >= 0.6 is 0 Å². The van der Waals surface area contributed by atoms with Crippen LogP contribution in [0.15, 0.2) is 47.0 Å². The first kappa shape index (κ1) is 15.9. The summed E-state index contributed by atoms with van der Waals surface area (Å²) in [6.45, 7) is 6.17. The van der Waals surface area contributed by atoms with Crippen LogP contribution in [-0.2, 0) is 6.54 Å². The molecule has 5 heteroatoms. The summed E-state index contributed by atoms with van der Waals surface area (Å²) >= 11 is 0. The normalized spacial score (nSPS) is 10.6. The lowest BCUT2D eigenvalue weighted by Crippen LogP contribution is -2.24. The zero-order chi connectivity index (χ0) is 17.1. The van der Waals surface area contributed by atoms with E-state index in [1.54, 1.807) is 0 Å². The fraction of sp³-hybridized carbons (Fsp3) is 0.211. The minimum Gasteiger partial charge on any atom is -0.345 e. The standard InChI is InChI=1S/C19H19N3O2/c1-12-7-9-15(10-8-12)19-21-17(22-24-19)11-20-18(23)16-6-4-5-13(2)14(16)3/h4-10H,11H2,1-3H3,(H,20,23). The van der Waals surface area contributed by atoms with Crippen LogP contribution in [0.3, 0.4) is 0 Å². The van der Waals surface area contributed by atoms with Gasteiger partial charge in [0.25, 0.3) is 11.8 Å². The van der Waals surface area contributed by atoms with E-state index in [9.17, 15) is 4.79 Å². The SMILES string of the molecule is Cc1ccc(-c2nc(CNC(=O)c3cccc(C)c3C)no2)cc1. The van der Waals surface area contributed by atoms with Crippen LogP contribution < -0.4 is 5.32 Å². The van der Waals surface area contributed by atoms with Gasteiger partial charge in [-0.1, -0.05) is 35.0 Å². The minimum absolute atomic E-state index is 0.141. The molecule has 0 saturated carbocycles. The second kappa shape index (κ2) is 6.66. The number of rotatable bonds is 4. The van der Waals surface area contributed by atoms with Gasteiger partial charge < -0.3 is 9.84 Å². The summed E-state index contributed by atoms with van der Waals surface area (Å²) in [5.74, 6) is 0.758. The molecule has 1 heterocycles. The Kier molecular flexibility index (Phi) is 4.42. The van der Waals surface area contributed by atoms with Crippen molar-refractivity contribution in [3.63, 3.8) is 0 Å². The molecule has 0 aliphatic carbocycles. The molecule has 0 aliphatic rings. The number of benzene rings is 2. The van der Waals surface area contributed by atoms with Crippen LogP contribution in [0.5, 0.6) is 0 Å². The Labute approximate surface area is 140 Å². The van der Waals surface area contributed by atoms with Crippen molar-refractivity contribution in [2.24, 2.45) is 0 Å². The summed E-state index contributed by atoms with van der Waals surface area (Å²) in [5.41, 5.74) is 4.75. The van der Waals surface area contributed by atoms with Crippen molar-refractivity contribution in [1.82, 2.24) is 15.5 Å². The second-order valence-corrected chi connectivity index (χ2v) is 5.81. The summed E-state index contributed by atoms with van der Waals surface area (Å²) in [6.07, 6.45) is 0. The maximum Gasteiger partial charge on any atom is 0.257 e. The van der Waals surface area contributed by atoms with Gasteiger partial charge in [-0.3, -0.25) is 4.79 Å². The van der Waals surface area contributed by atoms with Gasteiger partial charge in [0, 0.05) is 11.1 Å². The molecule has 0 spiro atoms. The molecular formula is C19H19N3O2. The number of aryl methyl sites for hydroxylation is 2. The second-order valence-electron chi connectivity index (χ2n) is 5.81. The van der Waals surface area contributed by atoms with E-state index in [-0.39, 0.29) is 12.5 Å². The van der Waals surface area contributed by atoms with E-state index in [4.69, 9.17) is 4.52 Å². The van der Waals surface area contributed by atoms with Gasteiger partial charge in [-0.2, -0.15) is 4.98 Å². The molecule has 0 radical (unpaired) electrons. The third kappa shape index (κ3) is 3.35. The molecule has 0 saturated heterocycles. The predicted molar refractivity (Wildman–Crippen MR) is 91.6 cm³/mol. The van der Waals surface area contributed by atoms with Crippen LogP contribution in [0.25, 0.3) is 11.5 Å². The van der Waals surface area contributed by atoms with Crippen molar-refractivity contribution in [2.45, 2.75) is 27.3 Å². The monoisotopic (exact) mass is 321 g/mol. The Morgan fingerprint density at radius 3 is 2.58 bits per heavy atom. The maximum absolute atomic E-state index is 12.3. The first-order chi connectivity index (χ1) is 11.5. The third-order valence-corrected chi connectivity index (χ3v) is 4.02. The maximum atomic E-state index is 12.3. The number of nitrogens with zero attached hydrogens (tertiary/aromatic N) is 2. The molecule has 1 aromatic heterocycles. The van der Waals surface area contributed by atoms with E-state index in [2.05, 4.69) is 15.5 Å². The fourth-order valence-electron chi connectivity index (χ4n) is 2.39. The molecular weight excluding hydrogens is 302 g/mol. The highest BCUT2D eigenvalue weighted by molar-refractivity contribution is 5.95. The van der Waals surface area contributed by atoms with Crippen LogP contribution in [0.4, 0.5) is 0 Å². The van der Waals surface area contributed by atoms with Gasteiger partial charge in [-0.25, -0.2) is 0 Å². The number of aromatic nitrogens is 2. The van der Waals surface area contributed by atoms with E-state index in [0.717, 1.165) is 16.7 Å². The van der Waals surface area contributed by atoms with Crippen molar-refractivity contribution in [3.8, 4) is 11.5 Å². The smallest absolute Gasteiger partial charge is 0.257 e. The zero-order valence-electron chi connectivity index (χ0n) is 14.0. The Hall–Kier alpha value is -2.95. The van der Waals surface area contributed by atoms with Gasteiger partial charge in [0.05, 0.1) is 6.54 Å². The first-order valence-corrected chi connectivity index (χ1v) is 7.78. The molecule has 2 aromatic carbocycles. The Morgan fingerprint density at radius 2 is 1.83 bits per heavy atom. The van der Waals surface area contributed by atoms with Crippen molar-refractivity contribution in [3.05, 3.63) is 70.5 Å². The molecule has 1 N–H and O–H groups in total. The Bertz CT molecular complexity index is 867. The van der Waals surface area contributed by atoms with Crippen LogP contribution in [-0.4, -0.2) is 16.0 Å². The number of hydrogen-bond donors (Lipinski definition) is 1. The van der Waals surface area contributed by atoms with E-state index >= 15 is 0 Å². The number of nitrogens with one attached hydrogen (secondary N) is 1. The molecule has 0 atom stereocenters. The topological polar surface area (TPSA) is 68.0 Å². The summed E-state index contributed by atoms with van der Waals surface area (Å²) in [4.78, 5) is 16.6. The molecule has 0 unspecified atom stereocenters. The van der Waals surface area contributed by atoms with Crippen LogP contribution in [0, 0.1) is 20.8 Å². The van der Waals surface area contributed by atoms with Gasteiger partial charge in [0.1, 0.15) is 0 Å². The molecule has 122 valence electrons. The Balaban J connectivity index is 1.68. The number of hydrogen-bond acceptors (Lipinski definition) is 4. The highest BCUT2D eigenvalue weighted by atomic mass is 16.5. The van der Waals surface area contributed by atoms with Crippen LogP contribution in [0.2, 0.25) is 0 Å². The highest BCUT2D eigenvalue weighted by Crippen LogP contribution is 2.17. The van der Waals surface area contributed by atoms with Gasteiger partial charge in [-0.05, 0) is 50.1 Å². The van der Waals surface area contributed by atoms with Gasteiger partial charge >= 0.3 is 0 Å². The van der Waals surface area contributed by atoms with Crippen molar-refractivity contribution >= 4 is 5.91 Å².